The number of aromatic nitrogens is 1. The van der Waals surface area contributed by atoms with Gasteiger partial charge in [0.25, 0.3) is 5.91 Å². The van der Waals surface area contributed by atoms with E-state index < -0.39 is 28.9 Å². The number of carbonyl (C=O) groups excluding carboxylic acids is 1. The summed E-state index contributed by atoms with van der Waals surface area (Å²) in [7, 11) is 0. The van der Waals surface area contributed by atoms with E-state index in [1.165, 1.54) is 6.07 Å². The number of benzene rings is 1. The molecule has 2 unspecified atom stereocenters. The number of carbonyl (C=O) groups is 1. The van der Waals surface area contributed by atoms with Crippen molar-refractivity contribution >= 4 is 23.5 Å². The molecule has 1 fully saturated rings. The van der Waals surface area contributed by atoms with Gasteiger partial charge in [-0.3, -0.25) is 4.79 Å². The molecule has 3 rings (SSSR count). The highest BCUT2D eigenvalue weighted by Gasteiger charge is 2.21. The number of anilines is 1. The molecule has 2 atom stereocenters. The fourth-order valence-corrected chi connectivity index (χ4v) is 4.12. The second-order valence-electron chi connectivity index (χ2n) is 6.18. The van der Waals surface area contributed by atoms with E-state index in [2.05, 4.69) is 22.5 Å². The number of amides is 1. The van der Waals surface area contributed by atoms with Gasteiger partial charge in [0.1, 0.15) is 28.8 Å². The number of piperidine rings is 1. The lowest BCUT2D eigenvalue weighted by molar-refractivity contribution is 0.101. The Bertz CT molecular complexity index is 795. The van der Waals surface area contributed by atoms with Gasteiger partial charge in [0.05, 0.1) is 5.03 Å². The first-order valence-corrected chi connectivity index (χ1v) is 9.13. The van der Waals surface area contributed by atoms with Gasteiger partial charge in [-0.15, -0.1) is 11.8 Å². The Hall–Kier alpha value is -2.06. The maximum Gasteiger partial charge on any atom is 0.262 e. The van der Waals surface area contributed by atoms with Crippen molar-refractivity contribution in [3.8, 4) is 0 Å². The van der Waals surface area contributed by atoms with E-state index in [4.69, 9.17) is 0 Å². The lowest BCUT2D eigenvalue weighted by Gasteiger charge is -2.27. The number of hydrogen-bond donors (Lipinski definition) is 2. The number of hydrogen-bond acceptors (Lipinski definition) is 4. The monoisotopic (exact) mass is 381 g/mol. The quantitative estimate of drug-likeness (QED) is 0.841. The number of halogens is 3. The number of nitrogens with zero attached hydrogens (tertiary/aromatic N) is 1. The van der Waals surface area contributed by atoms with Crippen LogP contribution < -0.4 is 10.6 Å². The summed E-state index contributed by atoms with van der Waals surface area (Å²) in [6.45, 7) is 3.07. The molecule has 2 N–H and O–H groups in total. The van der Waals surface area contributed by atoms with Gasteiger partial charge in [-0.2, -0.15) is 0 Å². The van der Waals surface area contributed by atoms with Crippen molar-refractivity contribution in [3.05, 3.63) is 53.3 Å². The average molecular weight is 381 g/mol. The van der Waals surface area contributed by atoms with Crippen molar-refractivity contribution in [3.63, 3.8) is 0 Å². The summed E-state index contributed by atoms with van der Waals surface area (Å²) in [5, 5.41) is 6.88. The van der Waals surface area contributed by atoms with Gasteiger partial charge in [-0.25, -0.2) is 18.2 Å². The van der Waals surface area contributed by atoms with Crippen LogP contribution in [0.25, 0.3) is 0 Å². The van der Waals surface area contributed by atoms with Gasteiger partial charge >= 0.3 is 0 Å². The summed E-state index contributed by atoms with van der Waals surface area (Å²) in [5.41, 5.74) is -0.835. The molecule has 0 radical (unpaired) electrons. The molecule has 1 aromatic carbocycles. The van der Waals surface area contributed by atoms with Crippen LogP contribution in [0.1, 0.15) is 30.1 Å². The molecular formula is C18H18F3N3OS. The van der Waals surface area contributed by atoms with E-state index in [0.717, 1.165) is 24.4 Å². The fourth-order valence-electron chi connectivity index (χ4n) is 2.85. The fraction of sp³-hybridized carbons (Fsp3) is 0.333. The molecule has 2 heterocycles. The molecule has 2 aromatic rings. The molecule has 0 bridgehead atoms. The summed E-state index contributed by atoms with van der Waals surface area (Å²) in [6.07, 6.45) is 2.02. The summed E-state index contributed by atoms with van der Waals surface area (Å²) in [5.74, 6) is -4.41. The molecule has 1 saturated heterocycles. The normalized spacial score (nSPS) is 20.0. The molecule has 1 aromatic heterocycles. The first kappa shape index (κ1) is 18.7. The predicted octanol–water partition coefficient (Wildman–Crippen LogP) is 3.98. The molecule has 138 valence electrons. The third-order valence-corrected chi connectivity index (χ3v) is 5.29. The van der Waals surface area contributed by atoms with Gasteiger partial charge in [0.2, 0.25) is 0 Å². The average Bonchev–Trinajstić information content (AvgIpc) is 2.54. The molecule has 8 heteroatoms. The van der Waals surface area contributed by atoms with E-state index in [9.17, 15) is 18.0 Å². The van der Waals surface area contributed by atoms with E-state index in [-0.39, 0.29) is 5.82 Å². The van der Waals surface area contributed by atoms with Crippen LogP contribution in [0, 0.1) is 17.5 Å². The highest BCUT2D eigenvalue weighted by Crippen LogP contribution is 2.29. The smallest absolute Gasteiger partial charge is 0.262 e. The van der Waals surface area contributed by atoms with E-state index >= 15 is 0 Å². The zero-order valence-electron chi connectivity index (χ0n) is 14.1. The largest absolute Gasteiger partial charge is 0.314 e. The minimum absolute atomic E-state index is 0.185. The van der Waals surface area contributed by atoms with Crippen molar-refractivity contribution in [2.24, 2.45) is 0 Å². The zero-order chi connectivity index (χ0) is 18.7. The van der Waals surface area contributed by atoms with Crippen LogP contribution in [-0.4, -0.2) is 28.7 Å². The van der Waals surface area contributed by atoms with Gasteiger partial charge in [-0.05, 0) is 38.4 Å². The van der Waals surface area contributed by atoms with Crippen LogP contribution in [-0.2, 0) is 0 Å². The van der Waals surface area contributed by atoms with Gasteiger partial charge < -0.3 is 10.6 Å². The van der Waals surface area contributed by atoms with Crippen LogP contribution in [0.5, 0.6) is 0 Å². The first-order chi connectivity index (χ1) is 12.4. The molecular weight excluding hydrogens is 363 g/mol. The van der Waals surface area contributed by atoms with Gasteiger partial charge in [-0.1, -0.05) is 6.07 Å². The number of pyridine rings is 1. The Morgan fingerprint density at radius 2 is 2.00 bits per heavy atom. The highest BCUT2D eigenvalue weighted by molar-refractivity contribution is 7.99. The third kappa shape index (κ3) is 4.56. The SMILES string of the molecule is CC1CC(Sc2cccc(NC(=O)c3c(F)cc(F)cc3F)n2)CCN1. The minimum atomic E-state index is -1.26. The minimum Gasteiger partial charge on any atom is -0.314 e. The molecule has 0 aliphatic carbocycles. The van der Waals surface area contributed by atoms with Crippen molar-refractivity contribution in [2.75, 3.05) is 11.9 Å². The van der Waals surface area contributed by atoms with E-state index in [1.54, 1.807) is 17.8 Å². The van der Waals surface area contributed by atoms with Crippen molar-refractivity contribution in [1.29, 1.82) is 0 Å². The Morgan fingerprint density at radius 1 is 1.27 bits per heavy atom. The van der Waals surface area contributed by atoms with Crippen LogP contribution in [0.15, 0.2) is 35.4 Å². The molecule has 1 amide bonds. The Balaban J connectivity index is 1.71. The lowest BCUT2D eigenvalue weighted by Crippen LogP contribution is -2.36. The van der Waals surface area contributed by atoms with E-state index in [0.29, 0.717) is 23.4 Å². The van der Waals surface area contributed by atoms with Crippen molar-refractivity contribution in [2.45, 2.75) is 36.1 Å². The Kier molecular flexibility index (Phi) is 5.83. The number of rotatable bonds is 4. The Morgan fingerprint density at radius 3 is 2.69 bits per heavy atom. The molecule has 0 saturated carbocycles. The van der Waals surface area contributed by atoms with Crippen LogP contribution in [0.4, 0.5) is 19.0 Å². The second-order valence-corrected chi connectivity index (χ2v) is 7.50. The predicted molar refractivity (Wildman–Crippen MR) is 94.8 cm³/mol. The standard InChI is InChI=1S/C18H18F3N3OS/c1-10-7-12(5-6-22-10)26-16-4-2-3-15(23-16)24-18(25)17-13(20)8-11(19)9-14(17)21/h2-4,8-10,12,22H,5-7H2,1H3,(H,23,24,25). The number of thioether (sulfide) groups is 1. The molecule has 1 aliphatic heterocycles. The summed E-state index contributed by atoms with van der Waals surface area (Å²) >= 11 is 1.61. The maximum atomic E-state index is 13.7. The molecule has 26 heavy (non-hydrogen) atoms. The first-order valence-electron chi connectivity index (χ1n) is 8.25. The topological polar surface area (TPSA) is 54.0 Å². The van der Waals surface area contributed by atoms with Crippen molar-refractivity contribution < 1.29 is 18.0 Å². The maximum absolute atomic E-state index is 13.7. The second kappa shape index (κ2) is 8.09. The molecule has 1 aliphatic rings. The van der Waals surface area contributed by atoms with E-state index in [1.807, 2.05) is 6.07 Å². The summed E-state index contributed by atoms with van der Waals surface area (Å²) in [6, 6.07) is 6.45. The summed E-state index contributed by atoms with van der Waals surface area (Å²) in [4.78, 5) is 16.5. The molecule has 4 nitrogen and oxygen atoms in total. The Labute approximate surface area is 153 Å². The third-order valence-electron chi connectivity index (χ3n) is 4.06. The van der Waals surface area contributed by atoms with Crippen LogP contribution >= 0.6 is 11.8 Å². The molecule has 0 spiro atoms. The number of nitrogens with one attached hydrogen (secondary N) is 2. The van der Waals surface area contributed by atoms with Crippen molar-refractivity contribution in [1.82, 2.24) is 10.3 Å². The van der Waals surface area contributed by atoms with Crippen LogP contribution in [0.2, 0.25) is 0 Å². The summed E-state index contributed by atoms with van der Waals surface area (Å²) < 4.78 is 40.4. The lowest BCUT2D eigenvalue weighted by atomic mass is 10.1. The zero-order valence-corrected chi connectivity index (χ0v) is 14.9. The van der Waals surface area contributed by atoms with Gasteiger partial charge in [0.15, 0.2) is 0 Å². The van der Waals surface area contributed by atoms with Gasteiger partial charge in [0, 0.05) is 23.4 Å². The van der Waals surface area contributed by atoms with Crippen LogP contribution in [0.3, 0.4) is 0 Å². The highest BCUT2D eigenvalue weighted by atomic mass is 32.2.